The first-order valence-electron chi connectivity index (χ1n) is 6.57. The molecule has 2 aromatic heterocycles. The maximum absolute atomic E-state index is 5.19. The number of aromatic nitrogens is 2. The summed E-state index contributed by atoms with van der Waals surface area (Å²) in [7, 11) is 1.72. The Hall–Kier alpha value is -1.33. The molecular weight excluding hydrogens is 258 g/mol. The van der Waals surface area contributed by atoms with Crippen LogP contribution < -0.4 is 5.32 Å². The van der Waals surface area contributed by atoms with Crippen LogP contribution in [0, 0.1) is 0 Å². The van der Waals surface area contributed by atoms with E-state index in [4.69, 9.17) is 4.74 Å². The highest BCUT2D eigenvalue weighted by molar-refractivity contribution is 7.10. The molecule has 0 aromatic carbocycles. The zero-order valence-electron chi connectivity index (χ0n) is 11.7. The fourth-order valence-electron chi connectivity index (χ4n) is 2.12. The molecule has 0 bridgehead atoms. The van der Waals surface area contributed by atoms with Gasteiger partial charge in [0.05, 0.1) is 19.2 Å². The van der Waals surface area contributed by atoms with Gasteiger partial charge in [0.1, 0.15) is 0 Å². The van der Waals surface area contributed by atoms with E-state index < -0.39 is 0 Å². The number of rotatable bonds is 7. The average molecular weight is 279 g/mol. The van der Waals surface area contributed by atoms with Crippen molar-refractivity contribution in [2.45, 2.75) is 32.9 Å². The molecule has 0 saturated carbocycles. The van der Waals surface area contributed by atoms with Crippen LogP contribution in [0.5, 0.6) is 0 Å². The molecule has 19 heavy (non-hydrogen) atoms. The average Bonchev–Trinajstić information content (AvgIpc) is 3.05. The minimum atomic E-state index is 0.281. The smallest absolute Gasteiger partial charge is 0.203 e. The molecule has 5 heteroatoms. The lowest BCUT2D eigenvalue weighted by Gasteiger charge is -2.16. The molecule has 0 aliphatic rings. The van der Waals surface area contributed by atoms with Gasteiger partial charge < -0.3 is 14.6 Å². The number of hydrogen-bond donors (Lipinski definition) is 1. The molecule has 2 rings (SSSR count). The normalized spacial score (nSPS) is 12.6. The quantitative estimate of drug-likeness (QED) is 0.845. The Morgan fingerprint density at radius 1 is 1.53 bits per heavy atom. The second-order valence-corrected chi connectivity index (χ2v) is 5.54. The second-order valence-electron chi connectivity index (χ2n) is 4.54. The first-order chi connectivity index (χ1) is 9.26. The predicted octanol–water partition coefficient (Wildman–Crippen LogP) is 3.33. The molecule has 0 aliphatic heterocycles. The predicted molar refractivity (Wildman–Crippen MR) is 79.8 cm³/mol. The summed E-state index contributed by atoms with van der Waals surface area (Å²) in [5.74, 6) is 0.903. The van der Waals surface area contributed by atoms with Crippen LogP contribution >= 0.6 is 11.3 Å². The minimum Gasteiger partial charge on any atom is -0.383 e. The van der Waals surface area contributed by atoms with E-state index in [2.05, 4.69) is 40.2 Å². The zero-order chi connectivity index (χ0) is 13.7. The highest BCUT2D eigenvalue weighted by atomic mass is 32.1. The summed E-state index contributed by atoms with van der Waals surface area (Å²) in [6.45, 7) is 5.83. The number of nitrogens with zero attached hydrogens (tertiary/aromatic N) is 2. The summed E-state index contributed by atoms with van der Waals surface area (Å²) in [4.78, 5) is 5.76. The Bertz CT molecular complexity index is 506. The molecular formula is C14H21N3OS. The molecule has 4 nitrogen and oxygen atoms in total. The van der Waals surface area contributed by atoms with E-state index in [1.165, 1.54) is 10.4 Å². The molecule has 0 fully saturated rings. The van der Waals surface area contributed by atoms with Gasteiger partial charge in [-0.2, -0.15) is 0 Å². The summed E-state index contributed by atoms with van der Waals surface area (Å²) in [6, 6.07) is 2.48. The van der Waals surface area contributed by atoms with Crippen molar-refractivity contribution >= 4 is 17.3 Å². The highest BCUT2D eigenvalue weighted by Crippen LogP contribution is 2.20. The van der Waals surface area contributed by atoms with Gasteiger partial charge in [0.2, 0.25) is 5.95 Å². The van der Waals surface area contributed by atoms with Crippen molar-refractivity contribution in [1.29, 1.82) is 0 Å². The molecule has 2 heterocycles. The number of anilines is 1. The Morgan fingerprint density at radius 3 is 3.11 bits per heavy atom. The largest absolute Gasteiger partial charge is 0.383 e. The van der Waals surface area contributed by atoms with Crippen LogP contribution in [0.2, 0.25) is 0 Å². The number of nitrogens with one attached hydrogen (secondary N) is 1. The Kier molecular flexibility index (Phi) is 4.99. The monoisotopic (exact) mass is 279 g/mol. The van der Waals surface area contributed by atoms with Crippen LogP contribution in [-0.4, -0.2) is 23.3 Å². The highest BCUT2D eigenvalue weighted by Gasteiger charge is 2.10. The lowest BCUT2D eigenvalue weighted by Crippen LogP contribution is -2.14. The van der Waals surface area contributed by atoms with Gasteiger partial charge in [-0.1, -0.05) is 6.92 Å². The zero-order valence-corrected chi connectivity index (χ0v) is 12.5. The molecule has 0 amide bonds. The third kappa shape index (κ3) is 3.36. The molecule has 0 radical (unpaired) electrons. The Morgan fingerprint density at radius 2 is 2.37 bits per heavy atom. The lowest BCUT2D eigenvalue weighted by atomic mass is 10.2. The maximum atomic E-state index is 5.19. The second kappa shape index (κ2) is 6.73. The van der Waals surface area contributed by atoms with Crippen molar-refractivity contribution in [2.75, 3.05) is 19.0 Å². The van der Waals surface area contributed by atoms with Crippen molar-refractivity contribution in [3.63, 3.8) is 0 Å². The summed E-state index contributed by atoms with van der Waals surface area (Å²) in [6.07, 6.45) is 4.89. The fourth-order valence-corrected chi connectivity index (χ4v) is 3.04. The van der Waals surface area contributed by atoms with E-state index in [1.54, 1.807) is 18.4 Å². The van der Waals surface area contributed by atoms with E-state index in [9.17, 15) is 0 Å². The van der Waals surface area contributed by atoms with E-state index in [0.717, 1.165) is 18.9 Å². The van der Waals surface area contributed by atoms with Crippen LogP contribution in [0.1, 0.15) is 30.3 Å². The maximum Gasteiger partial charge on any atom is 0.203 e. The van der Waals surface area contributed by atoms with E-state index in [1.807, 2.05) is 12.4 Å². The number of hydrogen-bond acceptors (Lipinski definition) is 4. The molecule has 0 saturated heterocycles. The lowest BCUT2D eigenvalue weighted by molar-refractivity contribution is 0.163. The van der Waals surface area contributed by atoms with E-state index in [-0.39, 0.29) is 6.04 Å². The molecule has 1 N–H and O–H groups in total. The van der Waals surface area contributed by atoms with Crippen molar-refractivity contribution in [2.24, 2.45) is 0 Å². The summed E-state index contributed by atoms with van der Waals surface area (Å²) in [5, 5.41) is 5.57. The van der Waals surface area contributed by atoms with Crippen molar-refractivity contribution in [3.05, 3.63) is 34.3 Å². The molecule has 2 aromatic rings. The summed E-state index contributed by atoms with van der Waals surface area (Å²) < 4.78 is 7.31. The van der Waals surface area contributed by atoms with Gasteiger partial charge in [0.25, 0.3) is 0 Å². The Labute approximate surface area is 118 Å². The molecule has 0 aliphatic carbocycles. The van der Waals surface area contributed by atoms with Gasteiger partial charge in [-0.15, -0.1) is 11.3 Å². The van der Waals surface area contributed by atoms with Crippen molar-refractivity contribution in [3.8, 4) is 0 Å². The van der Waals surface area contributed by atoms with Gasteiger partial charge in [-0.05, 0) is 30.4 Å². The summed E-state index contributed by atoms with van der Waals surface area (Å²) in [5.41, 5.74) is 1.42. The molecule has 1 atom stereocenters. The van der Waals surface area contributed by atoms with E-state index in [0.29, 0.717) is 6.61 Å². The molecule has 1 unspecified atom stereocenters. The number of imidazole rings is 1. The number of methoxy groups -OCH3 is 1. The van der Waals surface area contributed by atoms with Crippen LogP contribution in [-0.2, 0) is 17.7 Å². The standard InChI is InChI=1S/C14H21N3OS/c1-4-12-5-8-19-13(12)9-16-14-15-6-7-17(14)11(2)10-18-3/h5-8,11H,4,9-10H2,1-3H3,(H,15,16). The van der Waals surface area contributed by atoms with Gasteiger partial charge in [0.15, 0.2) is 0 Å². The van der Waals surface area contributed by atoms with Gasteiger partial charge in [-0.25, -0.2) is 4.98 Å². The first kappa shape index (κ1) is 14.1. The summed E-state index contributed by atoms with van der Waals surface area (Å²) >= 11 is 1.80. The van der Waals surface area contributed by atoms with Crippen LogP contribution in [0.4, 0.5) is 5.95 Å². The number of aryl methyl sites for hydroxylation is 1. The molecule has 104 valence electrons. The fraction of sp³-hybridized carbons (Fsp3) is 0.500. The van der Waals surface area contributed by atoms with Crippen LogP contribution in [0.15, 0.2) is 23.8 Å². The first-order valence-corrected chi connectivity index (χ1v) is 7.45. The molecule has 0 spiro atoms. The van der Waals surface area contributed by atoms with Crippen LogP contribution in [0.3, 0.4) is 0 Å². The number of thiophene rings is 1. The third-order valence-electron chi connectivity index (χ3n) is 3.18. The van der Waals surface area contributed by atoms with Crippen molar-refractivity contribution in [1.82, 2.24) is 9.55 Å². The van der Waals surface area contributed by atoms with Gasteiger partial charge in [0, 0.05) is 24.4 Å². The number of ether oxygens (including phenoxy) is 1. The Balaban J connectivity index is 2.02. The van der Waals surface area contributed by atoms with E-state index >= 15 is 0 Å². The third-order valence-corrected chi connectivity index (χ3v) is 4.14. The SMILES string of the molecule is CCc1ccsc1CNc1nccn1C(C)COC. The van der Waals surface area contributed by atoms with Crippen LogP contribution in [0.25, 0.3) is 0 Å². The van der Waals surface area contributed by atoms with Gasteiger partial charge in [-0.3, -0.25) is 0 Å². The van der Waals surface area contributed by atoms with Gasteiger partial charge >= 0.3 is 0 Å². The topological polar surface area (TPSA) is 39.1 Å². The minimum absolute atomic E-state index is 0.281. The van der Waals surface area contributed by atoms with Crippen molar-refractivity contribution < 1.29 is 4.74 Å².